The van der Waals surface area contributed by atoms with Crippen LogP contribution in [0.25, 0.3) is 11.5 Å². The summed E-state index contributed by atoms with van der Waals surface area (Å²) in [5, 5.41) is 8.84. The molecule has 1 unspecified atom stereocenters. The smallest absolute Gasteiger partial charge is 0.276 e. The SMILES string of the molecule is Cc1occc1-c1nnc(SCCC2CCCCN2C)o1. The molecule has 3 heterocycles. The molecule has 0 N–H and O–H groups in total. The maximum atomic E-state index is 5.69. The van der Waals surface area contributed by atoms with Gasteiger partial charge in [0.25, 0.3) is 11.1 Å². The average molecular weight is 307 g/mol. The van der Waals surface area contributed by atoms with E-state index in [0.717, 1.165) is 17.1 Å². The summed E-state index contributed by atoms with van der Waals surface area (Å²) in [4.78, 5) is 2.47. The molecule has 0 aromatic carbocycles. The molecule has 0 saturated carbocycles. The van der Waals surface area contributed by atoms with Crippen molar-refractivity contribution in [2.24, 2.45) is 0 Å². The fraction of sp³-hybridized carbons (Fsp3) is 0.600. The molecule has 2 aromatic rings. The predicted molar refractivity (Wildman–Crippen MR) is 82.3 cm³/mol. The van der Waals surface area contributed by atoms with E-state index in [4.69, 9.17) is 8.83 Å². The highest BCUT2D eigenvalue weighted by Gasteiger charge is 2.19. The van der Waals surface area contributed by atoms with Crippen LogP contribution in [0.15, 0.2) is 26.4 Å². The van der Waals surface area contributed by atoms with Crippen molar-refractivity contribution in [2.45, 2.75) is 43.9 Å². The van der Waals surface area contributed by atoms with E-state index in [1.165, 1.54) is 32.2 Å². The van der Waals surface area contributed by atoms with E-state index >= 15 is 0 Å². The van der Waals surface area contributed by atoms with Crippen LogP contribution >= 0.6 is 11.8 Å². The number of furan rings is 1. The van der Waals surface area contributed by atoms with E-state index in [1.807, 2.05) is 13.0 Å². The van der Waals surface area contributed by atoms with Crippen molar-refractivity contribution in [1.82, 2.24) is 15.1 Å². The van der Waals surface area contributed by atoms with Crippen molar-refractivity contribution in [3.05, 3.63) is 18.1 Å². The van der Waals surface area contributed by atoms with Crippen LogP contribution < -0.4 is 0 Å². The molecule has 5 nitrogen and oxygen atoms in total. The van der Waals surface area contributed by atoms with Crippen molar-refractivity contribution in [1.29, 1.82) is 0 Å². The molecule has 21 heavy (non-hydrogen) atoms. The monoisotopic (exact) mass is 307 g/mol. The van der Waals surface area contributed by atoms with Gasteiger partial charge in [-0.2, -0.15) is 0 Å². The molecular formula is C15H21N3O2S. The molecule has 3 rings (SSSR count). The number of hydrogen-bond acceptors (Lipinski definition) is 6. The fourth-order valence-electron chi connectivity index (χ4n) is 2.77. The lowest BCUT2D eigenvalue weighted by Gasteiger charge is -2.32. The highest BCUT2D eigenvalue weighted by molar-refractivity contribution is 7.99. The lowest BCUT2D eigenvalue weighted by atomic mass is 10.0. The van der Waals surface area contributed by atoms with Gasteiger partial charge in [-0.05, 0) is 45.8 Å². The summed E-state index contributed by atoms with van der Waals surface area (Å²) in [6.07, 6.45) is 6.80. The third-order valence-corrected chi connectivity index (χ3v) is 4.95. The van der Waals surface area contributed by atoms with Gasteiger partial charge in [0.15, 0.2) is 0 Å². The van der Waals surface area contributed by atoms with Crippen LogP contribution in [-0.2, 0) is 0 Å². The summed E-state index contributed by atoms with van der Waals surface area (Å²) in [5.74, 6) is 2.36. The van der Waals surface area contributed by atoms with Crippen LogP contribution in [0.2, 0.25) is 0 Å². The molecule has 1 aliphatic heterocycles. The molecule has 1 aliphatic rings. The third kappa shape index (κ3) is 3.49. The lowest BCUT2D eigenvalue weighted by Crippen LogP contribution is -2.36. The molecule has 0 bridgehead atoms. The van der Waals surface area contributed by atoms with Gasteiger partial charge < -0.3 is 13.7 Å². The van der Waals surface area contributed by atoms with Gasteiger partial charge >= 0.3 is 0 Å². The van der Waals surface area contributed by atoms with Gasteiger partial charge in [-0.3, -0.25) is 0 Å². The van der Waals surface area contributed by atoms with Gasteiger partial charge in [0, 0.05) is 11.8 Å². The van der Waals surface area contributed by atoms with Crippen LogP contribution in [0.3, 0.4) is 0 Å². The Morgan fingerprint density at radius 2 is 2.29 bits per heavy atom. The zero-order chi connectivity index (χ0) is 14.7. The van der Waals surface area contributed by atoms with E-state index < -0.39 is 0 Å². The van der Waals surface area contributed by atoms with Gasteiger partial charge in [0.1, 0.15) is 5.76 Å². The highest BCUT2D eigenvalue weighted by atomic mass is 32.2. The summed E-state index contributed by atoms with van der Waals surface area (Å²) in [5.41, 5.74) is 0.876. The van der Waals surface area contributed by atoms with E-state index in [9.17, 15) is 0 Å². The topological polar surface area (TPSA) is 55.3 Å². The summed E-state index contributed by atoms with van der Waals surface area (Å²) in [7, 11) is 2.22. The number of aryl methyl sites for hydroxylation is 1. The quantitative estimate of drug-likeness (QED) is 0.787. The van der Waals surface area contributed by atoms with Crippen molar-refractivity contribution in [2.75, 3.05) is 19.3 Å². The van der Waals surface area contributed by atoms with Gasteiger partial charge in [0.05, 0.1) is 11.8 Å². The molecular weight excluding hydrogens is 286 g/mol. The Hall–Kier alpha value is -1.27. The number of likely N-dealkylation sites (tertiary alicyclic amines) is 1. The maximum absolute atomic E-state index is 5.69. The Bertz CT molecular complexity index is 581. The average Bonchev–Trinajstić information content (AvgIpc) is 3.10. The van der Waals surface area contributed by atoms with Crippen molar-refractivity contribution >= 4 is 11.8 Å². The van der Waals surface area contributed by atoms with Crippen molar-refractivity contribution in [3.8, 4) is 11.5 Å². The first kappa shape index (κ1) is 14.7. The van der Waals surface area contributed by atoms with E-state index in [-0.39, 0.29) is 0 Å². The second kappa shape index (κ2) is 6.66. The first-order valence-corrected chi connectivity index (χ1v) is 8.43. The highest BCUT2D eigenvalue weighted by Crippen LogP contribution is 2.27. The van der Waals surface area contributed by atoms with Crippen molar-refractivity contribution in [3.63, 3.8) is 0 Å². The Balaban J connectivity index is 1.52. The van der Waals surface area contributed by atoms with E-state index in [1.54, 1.807) is 18.0 Å². The lowest BCUT2D eigenvalue weighted by molar-refractivity contribution is 0.182. The maximum Gasteiger partial charge on any atom is 0.276 e. The predicted octanol–water partition coefficient (Wildman–Crippen LogP) is 3.60. The van der Waals surface area contributed by atoms with Crippen LogP contribution in [-0.4, -0.2) is 40.5 Å². The number of piperidine rings is 1. The molecule has 1 fully saturated rings. The minimum absolute atomic E-state index is 0.540. The minimum Gasteiger partial charge on any atom is -0.469 e. The van der Waals surface area contributed by atoms with Crippen LogP contribution in [0.1, 0.15) is 31.4 Å². The normalized spacial score (nSPS) is 20.0. The van der Waals surface area contributed by atoms with E-state index in [0.29, 0.717) is 17.2 Å². The summed E-state index contributed by atoms with van der Waals surface area (Å²) in [6, 6.07) is 2.55. The van der Waals surface area contributed by atoms with Crippen LogP contribution in [0.5, 0.6) is 0 Å². The number of hydrogen-bond donors (Lipinski definition) is 0. The third-order valence-electron chi connectivity index (χ3n) is 4.09. The molecule has 0 amide bonds. The molecule has 1 saturated heterocycles. The molecule has 0 aliphatic carbocycles. The summed E-state index contributed by atoms with van der Waals surface area (Å²) in [6.45, 7) is 3.12. The number of nitrogens with zero attached hydrogens (tertiary/aromatic N) is 3. The number of rotatable bonds is 5. The second-order valence-electron chi connectivity index (χ2n) is 5.53. The first-order valence-electron chi connectivity index (χ1n) is 7.45. The largest absolute Gasteiger partial charge is 0.469 e. The molecule has 6 heteroatoms. The van der Waals surface area contributed by atoms with Crippen LogP contribution in [0, 0.1) is 6.92 Å². The fourth-order valence-corrected chi connectivity index (χ4v) is 3.58. The van der Waals surface area contributed by atoms with Gasteiger partial charge in [-0.15, -0.1) is 10.2 Å². The van der Waals surface area contributed by atoms with Gasteiger partial charge in [-0.25, -0.2) is 0 Å². The summed E-state index contributed by atoms with van der Waals surface area (Å²) < 4.78 is 11.0. The molecule has 114 valence electrons. The zero-order valence-electron chi connectivity index (χ0n) is 12.5. The minimum atomic E-state index is 0.540. The van der Waals surface area contributed by atoms with Crippen molar-refractivity contribution < 1.29 is 8.83 Å². The Kier molecular flexibility index (Phi) is 4.65. The van der Waals surface area contributed by atoms with Gasteiger partial charge in [-0.1, -0.05) is 18.2 Å². The summed E-state index contributed by atoms with van der Waals surface area (Å²) >= 11 is 1.64. The van der Waals surface area contributed by atoms with Crippen LogP contribution in [0.4, 0.5) is 0 Å². The second-order valence-corrected chi connectivity index (χ2v) is 6.58. The standard InChI is InChI=1S/C15H21N3O2S/c1-11-13(6-9-19-11)14-16-17-15(20-14)21-10-7-12-5-3-4-8-18(12)2/h6,9,12H,3-5,7-8,10H2,1-2H3. The Morgan fingerprint density at radius 1 is 1.38 bits per heavy atom. The van der Waals surface area contributed by atoms with Gasteiger partial charge in [0.2, 0.25) is 0 Å². The van der Waals surface area contributed by atoms with E-state index in [2.05, 4.69) is 22.1 Å². The Labute approximate surface area is 129 Å². The molecule has 0 spiro atoms. The Morgan fingerprint density at radius 3 is 3.05 bits per heavy atom. The number of thioether (sulfide) groups is 1. The first-order chi connectivity index (χ1) is 10.2. The molecule has 0 radical (unpaired) electrons. The molecule has 1 atom stereocenters. The number of aromatic nitrogens is 2. The zero-order valence-corrected chi connectivity index (χ0v) is 13.4. The molecule has 2 aromatic heterocycles.